The van der Waals surface area contributed by atoms with Gasteiger partial charge in [0.15, 0.2) is 5.58 Å². The van der Waals surface area contributed by atoms with Crippen molar-refractivity contribution >= 4 is 22.7 Å². The molecule has 4 nitrogen and oxygen atoms in total. The molecule has 1 aromatic carbocycles. The second-order valence-corrected chi connectivity index (χ2v) is 4.39. The van der Waals surface area contributed by atoms with Gasteiger partial charge in [-0.25, -0.2) is 4.79 Å². The predicted octanol–water partition coefficient (Wildman–Crippen LogP) is 2.98. The smallest absolute Gasteiger partial charge is 0.408 e. The standard InChI is InChI=1S/C11H9ClF3NO3/c12-7(4-18-5-11(13,14)15)6-1-2-8-9(3-6)19-10(17)16-8/h1-3,7H,4-5H2,(H,16,17). The first-order valence-electron chi connectivity index (χ1n) is 5.26. The van der Waals surface area contributed by atoms with Crippen molar-refractivity contribution in [1.82, 2.24) is 4.98 Å². The SMILES string of the molecule is O=c1[nH]c2ccc(C(Cl)COCC(F)(F)F)cc2o1. The van der Waals surface area contributed by atoms with Crippen LogP contribution in [0.3, 0.4) is 0 Å². The van der Waals surface area contributed by atoms with Crippen LogP contribution in [-0.4, -0.2) is 24.4 Å². The van der Waals surface area contributed by atoms with Crippen LogP contribution in [0.1, 0.15) is 10.9 Å². The number of nitrogens with one attached hydrogen (secondary N) is 1. The number of hydrogen-bond acceptors (Lipinski definition) is 3. The topological polar surface area (TPSA) is 55.2 Å². The van der Waals surface area contributed by atoms with Crippen LogP contribution >= 0.6 is 11.6 Å². The van der Waals surface area contributed by atoms with Gasteiger partial charge in [0.05, 0.1) is 17.5 Å². The normalized spacial score (nSPS) is 13.9. The molecule has 104 valence electrons. The number of fused-ring (bicyclic) bond motifs is 1. The summed E-state index contributed by atoms with van der Waals surface area (Å²) in [6.45, 7) is -1.64. The van der Waals surface area contributed by atoms with Crippen molar-refractivity contribution in [2.24, 2.45) is 0 Å². The number of alkyl halides is 4. The Bertz CT molecular complexity index is 619. The number of aromatic nitrogens is 1. The third-order valence-corrected chi connectivity index (χ3v) is 2.71. The van der Waals surface area contributed by atoms with Crippen molar-refractivity contribution < 1.29 is 22.3 Å². The number of benzene rings is 1. The summed E-state index contributed by atoms with van der Waals surface area (Å²) < 4.78 is 45.0. The van der Waals surface area contributed by atoms with Crippen molar-refractivity contribution in [3.8, 4) is 0 Å². The van der Waals surface area contributed by atoms with Crippen LogP contribution in [0.25, 0.3) is 11.1 Å². The summed E-state index contributed by atoms with van der Waals surface area (Å²) >= 11 is 5.92. The Hall–Kier alpha value is -1.47. The summed E-state index contributed by atoms with van der Waals surface area (Å²) in [7, 11) is 0. The van der Waals surface area contributed by atoms with Gasteiger partial charge >= 0.3 is 11.9 Å². The van der Waals surface area contributed by atoms with Gasteiger partial charge in [-0.1, -0.05) is 6.07 Å². The van der Waals surface area contributed by atoms with E-state index in [1.165, 1.54) is 6.07 Å². The molecule has 1 heterocycles. The van der Waals surface area contributed by atoms with E-state index in [0.717, 1.165) is 0 Å². The monoisotopic (exact) mass is 295 g/mol. The first-order valence-corrected chi connectivity index (χ1v) is 5.70. The molecule has 0 amide bonds. The molecule has 0 aliphatic carbocycles. The molecule has 0 aliphatic heterocycles. The van der Waals surface area contributed by atoms with Crippen LogP contribution in [0.4, 0.5) is 13.2 Å². The van der Waals surface area contributed by atoms with E-state index in [1.807, 2.05) is 0 Å². The van der Waals surface area contributed by atoms with Gasteiger partial charge in [0.25, 0.3) is 0 Å². The molecule has 0 radical (unpaired) electrons. The third-order valence-electron chi connectivity index (χ3n) is 2.34. The molecule has 1 N–H and O–H groups in total. The minimum Gasteiger partial charge on any atom is -0.408 e. The highest BCUT2D eigenvalue weighted by Gasteiger charge is 2.27. The Morgan fingerprint density at radius 1 is 1.42 bits per heavy atom. The van der Waals surface area contributed by atoms with Crippen LogP contribution in [0.5, 0.6) is 0 Å². The van der Waals surface area contributed by atoms with Crippen LogP contribution in [0.15, 0.2) is 27.4 Å². The Kier molecular flexibility index (Phi) is 3.86. The van der Waals surface area contributed by atoms with Gasteiger partial charge in [-0.3, -0.25) is 4.98 Å². The van der Waals surface area contributed by atoms with E-state index < -0.39 is 23.9 Å². The lowest BCUT2D eigenvalue weighted by Crippen LogP contribution is -2.18. The molecule has 0 saturated carbocycles. The van der Waals surface area contributed by atoms with E-state index in [-0.39, 0.29) is 6.61 Å². The van der Waals surface area contributed by atoms with Crippen molar-refractivity contribution in [2.45, 2.75) is 11.6 Å². The second-order valence-electron chi connectivity index (χ2n) is 3.87. The zero-order valence-electron chi connectivity index (χ0n) is 9.46. The molecule has 0 saturated heterocycles. The van der Waals surface area contributed by atoms with Crippen molar-refractivity contribution in [3.63, 3.8) is 0 Å². The number of rotatable bonds is 4. The highest BCUT2D eigenvalue weighted by molar-refractivity contribution is 6.21. The highest BCUT2D eigenvalue weighted by Crippen LogP contribution is 2.25. The van der Waals surface area contributed by atoms with Gasteiger partial charge in [-0.15, -0.1) is 11.6 Å². The molecule has 1 unspecified atom stereocenters. The summed E-state index contributed by atoms with van der Waals surface area (Å²) in [4.78, 5) is 13.4. The number of halogens is 4. The maximum absolute atomic E-state index is 11.9. The summed E-state index contributed by atoms with van der Waals surface area (Å²) in [5.41, 5.74) is 1.30. The molecule has 0 bridgehead atoms. The Morgan fingerprint density at radius 2 is 2.16 bits per heavy atom. The van der Waals surface area contributed by atoms with Crippen molar-refractivity contribution in [3.05, 3.63) is 34.3 Å². The van der Waals surface area contributed by atoms with Crippen LogP contribution < -0.4 is 5.76 Å². The van der Waals surface area contributed by atoms with E-state index in [0.29, 0.717) is 16.7 Å². The Labute approximate surface area is 110 Å². The van der Waals surface area contributed by atoms with E-state index in [1.54, 1.807) is 12.1 Å². The van der Waals surface area contributed by atoms with Gasteiger partial charge in [0, 0.05) is 0 Å². The molecular weight excluding hydrogens is 287 g/mol. The average molecular weight is 296 g/mol. The fraction of sp³-hybridized carbons (Fsp3) is 0.364. The van der Waals surface area contributed by atoms with Gasteiger partial charge in [0.1, 0.15) is 6.61 Å². The summed E-state index contributed by atoms with van der Waals surface area (Å²) in [5.74, 6) is -0.605. The van der Waals surface area contributed by atoms with Crippen LogP contribution in [-0.2, 0) is 4.74 Å². The molecule has 1 atom stereocenters. The van der Waals surface area contributed by atoms with E-state index in [2.05, 4.69) is 9.72 Å². The van der Waals surface area contributed by atoms with E-state index in [9.17, 15) is 18.0 Å². The lowest BCUT2D eigenvalue weighted by molar-refractivity contribution is -0.173. The molecular formula is C11H9ClF3NO3. The minimum atomic E-state index is -4.38. The fourth-order valence-electron chi connectivity index (χ4n) is 1.53. The quantitative estimate of drug-likeness (QED) is 0.882. The van der Waals surface area contributed by atoms with Gasteiger partial charge in [-0.2, -0.15) is 13.2 Å². The zero-order chi connectivity index (χ0) is 14.0. The first-order chi connectivity index (χ1) is 8.85. The molecule has 0 aliphatic rings. The van der Waals surface area contributed by atoms with Gasteiger partial charge in [0.2, 0.25) is 0 Å². The highest BCUT2D eigenvalue weighted by atomic mass is 35.5. The fourth-order valence-corrected chi connectivity index (χ4v) is 1.76. The molecule has 1 aromatic heterocycles. The zero-order valence-corrected chi connectivity index (χ0v) is 10.2. The summed E-state index contributed by atoms with van der Waals surface area (Å²) in [6.07, 6.45) is -4.38. The lowest BCUT2D eigenvalue weighted by Gasteiger charge is -2.12. The van der Waals surface area contributed by atoms with Crippen LogP contribution in [0.2, 0.25) is 0 Å². The summed E-state index contributed by atoms with van der Waals surface area (Å²) in [6, 6.07) is 4.64. The third kappa shape index (κ3) is 3.74. The largest absolute Gasteiger partial charge is 0.417 e. The second kappa shape index (κ2) is 5.26. The van der Waals surface area contributed by atoms with Crippen molar-refractivity contribution in [1.29, 1.82) is 0 Å². The molecule has 19 heavy (non-hydrogen) atoms. The number of oxazole rings is 1. The summed E-state index contributed by atoms with van der Waals surface area (Å²) in [5, 5.41) is -0.757. The molecule has 8 heteroatoms. The first kappa shape index (κ1) is 14.0. The Morgan fingerprint density at radius 3 is 2.84 bits per heavy atom. The molecule has 0 spiro atoms. The van der Waals surface area contributed by atoms with Crippen molar-refractivity contribution in [2.75, 3.05) is 13.2 Å². The van der Waals surface area contributed by atoms with E-state index in [4.69, 9.17) is 16.0 Å². The number of aromatic amines is 1. The maximum Gasteiger partial charge on any atom is 0.417 e. The molecule has 2 rings (SSSR count). The number of ether oxygens (including phenoxy) is 1. The predicted molar refractivity (Wildman–Crippen MR) is 62.3 cm³/mol. The Balaban J connectivity index is 2.04. The maximum atomic E-state index is 11.9. The van der Waals surface area contributed by atoms with Gasteiger partial charge < -0.3 is 9.15 Å². The minimum absolute atomic E-state index is 0.290. The number of H-pyrrole nitrogens is 1. The lowest BCUT2D eigenvalue weighted by atomic mass is 10.1. The van der Waals surface area contributed by atoms with Crippen LogP contribution in [0, 0.1) is 0 Å². The van der Waals surface area contributed by atoms with E-state index >= 15 is 0 Å². The molecule has 2 aromatic rings. The van der Waals surface area contributed by atoms with Gasteiger partial charge in [-0.05, 0) is 17.7 Å². The number of hydrogen-bond donors (Lipinski definition) is 1. The average Bonchev–Trinajstić information content (AvgIpc) is 2.65. The molecule has 0 fully saturated rings.